The number of fused-ring (bicyclic) bond motifs is 2. The molecular formula is C31H25ClN4O3S. The Hall–Kier alpha value is -4.27. The van der Waals surface area contributed by atoms with Crippen molar-refractivity contribution in [3.8, 4) is 5.75 Å². The summed E-state index contributed by atoms with van der Waals surface area (Å²) in [6.07, 6.45) is 0. The van der Waals surface area contributed by atoms with Gasteiger partial charge in [-0.05, 0) is 67.2 Å². The smallest absolute Gasteiger partial charge is 0.365 e. The van der Waals surface area contributed by atoms with Gasteiger partial charge in [0.05, 0.1) is 30.8 Å². The van der Waals surface area contributed by atoms with Gasteiger partial charge in [0.1, 0.15) is 5.75 Å². The highest BCUT2D eigenvalue weighted by atomic mass is 35.5. The number of hydrogen-bond acceptors (Lipinski definition) is 8. The second-order valence-corrected chi connectivity index (χ2v) is 10.6. The monoisotopic (exact) mass is 568 g/mol. The van der Waals surface area contributed by atoms with Gasteiger partial charge < -0.3 is 9.47 Å². The Bertz CT molecular complexity index is 1610. The molecule has 0 saturated carbocycles. The number of halogens is 1. The fourth-order valence-corrected chi connectivity index (χ4v) is 6.24. The van der Waals surface area contributed by atoms with Crippen LogP contribution in [0.1, 0.15) is 23.6 Å². The van der Waals surface area contributed by atoms with E-state index >= 15 is 0 Å². The molecule has 0 fully saturated rings. The molecule has 2 aliphatic heterocycles. The Labute approximate surface area is 241 Å². The van der Waals surface area contributed by atoms with Crippen molar-refractivity contribution >= 4 is 51.5 Å². The van der Waals surface area contributed by atoms with Gasteiger partial charge in [0.2, 0.25) is 10.0 Å². The maximum Gasteiger partial charge on any atom is 0.365 e. The van der Waals surface area contributed by atoms with E-state index < -0.39 is 11.0 Å². The molecule has 1 atom stereocenters. The maximum absolute atomic E-state index is 13.1. The van der Waals surface area contributed by atoms with E-state index in [1.54, 1.807) is 14.0 Å². The highest BCUT2D eigenvalue weighted by Gasteiger charge is 2.56. The number of methoxy groups -OCH3 is 1. The average molecular weight is 569 g/mol. The standard InChI is InChI=1S/C31H25ClN4O3S/c1-3-39-30(37)29-34-36(24-17-19-25(38-2)20-18-24)31(40-29)27-12-8-7-11-26(27)28(21-13-15-22(32)16-14-21)33-35(31)23-9-5-4-6-10-23/h4-20H,3H2,1-2H3. The number of ether oxygens (including phenoxy) is 2. The first-order valence-electron chi connectivity index (χ1n) is 12.7. The number of anilines is 2. The molecule has 0 aromatic heterocycles. The van der Waals surface area contributed by atoms with Gasteiger partial charge in [-0.1, -0.05) is 66.2 Å². The van der Waals surface area contributed by atoms with Gasteiger partial charge in [-0.2, -0.15) is 10.2 Å². The second kappa shape index (κ2) is 10.7. The SMILES string of the molecule is CCOC(=O)C1=NN(c2ccc(OC)cc2)C2(S1)c1ccccc1C(c1ccc(Cl)cc1)=NN2c1ccccc1. The first-order valence-corrected chi connectivity index (χ1v) is 13.9. The molecule has 1 unspecified atom stereocenters. The van der Waals surface area contributed by atoms with Crippen molar-refractivity contribution in [2.24, 2.45) is 10.2 Å². The first kappa shape index (κ1) is 26.0. The van der Waals surface area contributed by atoms with Gasteiger partial charge in [-0.15, -0.1) is 0 Å². The molecular weight excluding hydrogens is 544 g/mol. The van der Waals surface area contributed by atoms with E-state index in [2.05, 4.69) is 6.07 Å². The fourth-order valence-electron chi connectivity index (χ4n) is 4.82. The van der Waals surface area contributed by atoms with E-state index in [4.69, 9.17) is 31.3 Å². The van der Waals surface area contributed by atoms with E-state index in [0.29, 0.717) is 10.8 Å². The summed E-state index contributed by atoms with van der Waals surface area (Å²) in [7, 11) is 1.63. The predicted molar refractivity (Wildman–Crippen MR) is 161 cm³/mol. The van der Waals surface area contributed by atoms with E-state index in [-0.39, 0.29) is 11.7 Å². The van der Waals surface area contributed by atoms with Crippen molar-refractivity contribution in [2.75, 3.05) is 23.7 Å². The molecule has 4 aromatic carbocycles. The van der Waals surface area contributed by atoms with Gasteiger partial charge in [-0.25, -0.2) is 14.8 Å². The van der Waals surface area contributed by atoms with Crippen molar-refractivity contribution in [1.29, 1.82) is 0 Å². The van der Waals surface area contributed by atoms with Crippen molar-refractivity contribution in [2.45, 2.75) is 11.9 Å². The summed E-state index contributed by atoms with van der Waals surface area (Å²) in [5.41, 5.74) is 5.12. The third-order valence-corrected chi connectivity index (χ3v) is 8.17. The summed E-state index contributed by atoms with van der Waals surface area (Å²) < 4.78 is 10.8. The Balaban J connectivity index is 1.63. The minimum Gasteiger partial charge on any atom is -0.497 e. The lowest BCUT2D eigenvalue weighted by Crippen LogP contribution is -2.54. The van der Waals surface area contributed by atoms with Crippen LogP contribution in [0.15, 0.2) is 113 Å². The summed E-state index contributed by atoms with van der Waals surface area (Å²) in [4.78, 5) is 12.1. The van der Waals surface area contributed by atoms with Gasteiger partial charge in [0.15, 0.2) is 0 Å². The molecule has 200 valence electrons. The van der Waals surface area contributed by atoms with Gasteiger partial charge in [0, 0.05) is 21.7 Å². The summed E-state index contributed by atoms with van der Waals surface area (Å²) >= 11 is 7.53. The first-order chi connectivity index (χ1) is 19.5. The summed E-state index contributed by atoms with van der Waals surface area (Å²) in [5.74, 6) is 0.229. The summed E-state index contributed by atoms with van der Waals surface area (Å²) in [6.45, 7) is 2.02. The number of hydrogen-bond donors (Lipinski definition) is 0. The number of para-hydroxylation sites is 1. The zero-order chi connectivity index (χ0) is 27.7. The molecule has 2 aliphatic rings. The van der Waals surface area contributed by atoms with Crippen LogP contribution in [0.3, 0.4) is 0 Å². The zero-order valence-electron chi connectivity index (χ0n) is 21.8. The molecule has 1 spiro atoms. The van der Waals surface area contributed by atoms with Crippen LogP contribution in [0.2, 0.25) is 5.02 Å². The van der Waals surface area contributed by atoms with E-state index in [9.17, 15) is 4.79 Å². The van der Waals surface area contributed by atoms with Crippen LogP contribution in [0.4, 0.5) is 11.4 Å². The van der Waals surface area contributed by atoms with Crippen LogP contribution in [-0.4, -0.2) is 30.4 Å². The highest BCUT2D eigenvalue weighted by molar-refractivity contribution is 8.16. The van der Waals surface area contributed by atoms with Gasteiger partial charge in [-0.3, -0.25) is 0 Å². The molecule has 2 heterocycles. The van der Waals surface area contributed by atoms with E-state index in [0.717, 1.165) is 33.8 Å². The van der Waals surface area contributed by atoms with Crippen LogP contribution in [0.5, 0.6) is 5.75 Å². The molecule has 0 aliphatic carbocycles. The molecule has 7 nitrogen and oxygen atoms in total. The topological polar surface area (TPSA) is 66.7 Å². The Morgan fingerprint density at radius 1 is 0.850 bits per heavy atom. The number of esters is 1. The number of carbonyl (C=O) groups is 1. The normalized spacial score (nSPS) is 17.8. The Kier molecular flexibility index (Phi) is 6.96. The van der Waals surface area contributed by atoms with Crippen LogP contribution in [0, 0.1) is 0 Å². The van der Waals surface area contributed by atoms with Gasteiger partial charge in [0.25, 0.3) is 0 Å². The molecule has 6 rings (SSSR count). The molecule has 40 heavy (non-hydrogen) atoms. The van der Waals surface area contributed by atoms with Crippen molar-refractivity contribution in [3.05, 3.63) is 125 Å². The quantitative estimate of drug-likeness (QED) is 0.237. The van der Waals surface area contributed by atoms with E-state index in [1.165, 1.54) is 11.8 Å². The Morgan fingerprint density at radius 3 is 2.20 bits per heavy atom. The molecule has 0 N–H and O–H groups in total. The van der Waals surface area contributed by atoms with Crippen molar-refractivity contribution < 1.29 is 14.3 Å². The van der Waals surface area contributed by atoms with E-state index in [1.807, 2.05) is 107 Å². The van der Waals surface area contributed by atoms with Crippen molar-refractivity contribution in [3.63, 3.8) is 0 Å². The van der Waals surface area contributed by atoms with Crippen molar-refractivity contribution in [1.82, 2.24) is 0 Å². The maximum atomic E-state index is 13.1. The number of nitrogens with zero attached hydrogens (tertiary/aromatic N) is 4. The van der Waals surface area contributed by atoms with Crippen LogP contribution in [-0.2, 0) is 14.5 Å². The third kappa shape index (κ3) is 4.39. The highest BCUT2D eigenvalue weighted by Crippen LogP contribution is 2.55. The minimum absolute atomic E-state index is 0.235. The number of benzene rings is 4. The lowest BCUT2D eigenvalue weighted by molar-refractivity contribution is -0.134. The molecule has 0 radical (unpaired) electrons. The molecule has 0 saturated heterocycles. The number of thioether (sulfide) groups is 1. The summed E-state index contributed by atoms with van der Waals surface area (Å²) in [5, 5.41) is 14.8. The fraction of sp³-hybridized carbons (Fsp3) is 0.129. The molecule has 0 amide bonds. The zero-order valence-corrected chi connectivity index (χ0v) is 23.4. The lowest BCUT2D eigenvalue weighted by atomic mass is 9.93. The largest absolute Gasteiger partial charge is 0.497 e. The summed E-state index contributed by atoms with van der Waals surface area (Å²) in [6, 6.07) is 33.2. The minimum atomic E-state index is -1.08. The Morgan fingerprint density at radius 2 is 1.50 bits per heavy atom. The molecule has 0 bridgehead atoms. The average Bonchev–Trinajstić information content (AvgIpc) is 3.40. The predicted octanol–water partition coefficient (Wildman–Crippen LogP) is 6.86. The second-order valence-electron chi connectivity index (χ2n) is 8.99. The lowest BCUT2D eigenvalue weighted by Gasteiger charge is -2.47. The van der Waals surface area contributed by atoms with Crippen LogP contribution < -0.4 is 14.8 Å². The third-order valence-electron chi connectivity index (χ3n) is 6.62. The molecule has 9 heteroatoms. The van der Waals surface area contributed by atoms with Crippen LogP contribution in [0.25, 0.3) is 0 Å². The number of rotatable bonds is 6. The number of carbonyl (C=O) groups excluding carboxylic acids is 1. The molecule has 4 aromatic rings. The number of hydrazone groups is 2. The van der Waals surface area contributed by atoms with Gasteiger partial charge >= 0.3 is 5.97 Å². The van der Waals surface area contributed by atoms with Crippen LogP contribution >= 0.6 is 23.4 Å².